The maximum atomic E-state index is 5.30. The summed E-state index contributed by atoms with van der Waals surface area (Å²) in [6, 6.07) is 0.282. The molecule has 0 bridgehead atoms. The highest BCUT2D eigenvalue weighted by atomic mass is 16.5. The zero-order chi connectivity index (χ0) is 10.7. The number of piperidine rings is 1. The molecule has 0 aliphatic carbocycles. The predicted molar refractivity (Wildman–Crippen MR) is 57.6 cm³/mol. The Hall–Kier alpha value is -0.900. The molecule has 0 spiro atoms. The Kier molecular flexibility index (Phi) is 3.36. The second-order valence-corrected chi connectivity index (χ2v) is 4.30. The van der Waals surface area contributed by atoms with Gasteiger partial charge in [-0.1, -0.05) is 25.4 Å². The third kappa shape index (κ3) is 2.37. The van der Waals surface area contributed by atoms with Gasteiger partial charge in [-0.2, -0.15) is 4.98 Å². The molecule has 2 rings (SSSR count). The van der Waals surface area contributed by atoms with Crippen molar-refractivity contribution in [1.29, 1.82) is 0 Å². The van der Waals surface area contributed by atoms with Crippen LogP contribution in [0.1, 0.15) is 63.2 Å². The molecule has 1 fully saturated rings. The molecule has 0 unspecified atom stereocenters. The maximum Gasteiger partial charge on any atom is 0.243 e. The Labute approximate surface area is 90.4 Å². The fraction of sp³-hybridized carbons (Fsp3) is 0.818. The molecule has 4 heteroatoms. The Morgan fingerprint density at radius 1 is 1.53 bits per heavy atom. The number of nitrogens with one attached hydrogen (secondary N) is 1. The zero-order valence-electron chi connectivity index (χ0n) is 9.49. The summed E-state index contributed by atoms with van der Waals surface area (Å²) < 4.78 is 5.30. The Bertz CT molecular complexity index is 305. The summed E-state index contributed by atoms with van der Waals surface area (Å²) in [4.78, 5) is 4.46. The van der Waals surface area contributed by atoms with E-state index in [2.05, 4.69) is 29.3 Å². The van der Waals surface area contributed by atoms with Crippen LogP contribution in [0.15, 0.2) is 4.52 Å². The van der Waals surface area contributed by atoms with Crippen molar-refractivity contribution in [2.75, 3.05) is 6.54 Å². The average Bonchev–Trinajstić information content (AvgIpc) is 2.78. The van der Waals surface area contributed by atoms with E-state index in [1.807, 2.05) is 0 Å². The van der Waals surface area contributed by atoms with E-state index >= 15 is 0 Å². The van der Waals surface area contributed by atoms with Gasteiger partial charge in [0.1, 0.15) is 0 Å². The van der Waals surface area contributed by atoms with Crippen LogP contribution in [0.4, 0.5) is 0 Å². The zero-order valence-corrected chi connectivity index (χ0v) is 9.49. The third-order valence-corrected chi connectivity index (χ3v) is 3.12. The minimum Gasteiger partial charge on any atom is -0.338 e. The molecule has 1 saturated heterocycles. The summed E-state index contributed by atoms with van der Waals surface area (Å²) in [6.07, 6.45) is 4.67. The molecule has 4 nitrogen and oxygen atoms in total. The Balaban J connectivity index is 2.05. The highest BCUT2D eigenvalue weighted by Gasteiger charge is 2.21. The smallest absolute Gasteiger partial charge is 0.243 e. The van der Waals surface area contributed by atoms with E-state index < -0.39 is 0 Å². The quantitative estimate of drug-likeness (QED) is 0.830. The maximum absolute atomic E-state index is 5.30. The van der Waals surface area contributed by atoms with Crippen molar-refractivity contribution in [2.45, 2.75) is 51.5 Å². The molecule has 1 N–H and O–H groups in total. The molecule has 1 aromatic rings. The average molecular weight is 209 g/mol. The summed E-state index contributed by atoms with van der Waals surface area (Å²) >= 11 is 0. The first-order valence-electron chi connectivity index (χ1n) is 5.88. The first kappa shape index (κ1) is 10.6. The predicted octanol–water partition coefficient (Wildman–Crippen LogP) is 2.40. The molecule has 0 saturated carbocycles. The fourth-order valence-electron chi connectivity index (χ4n) is 1.83. The summed E-state index contributed by atoms with van der Waals surface area (Å²) in [7, 11) is 0. The van der Waals surface area contributed by atoms with Crippen LogP contribution in [0.2, 0.25) is 0 Å². The third-order valence-electron chi connectivity index (χ3n) is 3.12. The highest BCUT2D eigenvalue weighted by Crippen LogP contribution is 2.23. The van der Waals surface area contributed by atoms with Gasteiger partial charge in [0, 0.05) is 5.92 Å². The van der Waals surface area contributed by atoms with Crippen molar-refractivity contribution in [3.8, 4) is 0 Å². The first-order chi connectivity index (χ1) is 7.31. The molecular formula is C11H19N3O. The summed E-state index contributed by atoms with van der Waals surface area (Å²) in [5.74, 6) is 2.01. The van der Waals surface area contributed by atoms with E-state index in [0.29, 0.717) is 5.92 Å². The van der Waals surface area contributed by atoms with Crippen LogP contribution in [0.25, 0.3) is 0 Å². The number of nitrogens with zero attached hydrogens (tertiary/aromatic N) is 2. The summed E-state index contributed by atoms with van der Waals surface area (Å²) in [5, 5.41) is 7.45. The molecule has 15 heavy (non-hydrogen) atoms. The van der Waals surface area contributed by atoms with Crippen molar-refractivity contribution < 1.29 is 4.52 Å². The Morgan fingerprint density at radius 2 is 2.40 bits per heavy atom. The number of rotatable bonds is 3. The second kappa shape index (κ2) is 4.75. The van der Waals surface area contributed by atoms with Gasteiger partial charge in [0.2, 0.25) is 5.89 Å². The lowest BCUT2D eigenvalue weighted by molar-refractivity contribution is 0.295. The topological polar surface area (TPSA) is 51.0 Å². The van der Waals surface area contributed by atoms with E-state index in [-0.39, 0.29) is 6.04 Å². The van der Waals surface area contributed by atoms with Gasteiger partial charge in [0.15, 0.2) is 5.82 Å². The molecular weight excluding hydrogens is 190 g/mol. The minimum absolute atomic E-state index is 0.282. The molecule has 0 amide bonds. The van der Waals surface area contributed by atoms with Crippen LogP contribution >= 0.6 is 0 Å². The van der Waals surface area contributed by atoms with E-state index in [1.165, 1.54) is 12.8 Å². The first-order valence-corrected chi connectivity index (χ1v) is 5.88. The van der Waals surface area contributed by atoms with Gasteiger partial charge in [-0.25, -0.2) is 0 Å². The van der Waals surface area contributed by atoms with Crippen LogP contribution in [-0.2, 0) is 0 Å². The highest BCUT2D eigenvalue weighted by molar-refractivity contribution is 4.97. The number of hydrogen-bond acceptors (Lipinski definition) is 4. The van der Waals surface area contributed by atoms with E-state index in [1.54, 1.807) is 0 Å². The monoisotopic (exact) mass is 209 g/mol. The van der Waals surface area contributed by atoms with Crippen LogP contribution < -0.4 is 5.32 Å². The molecule has 0 aromatic carbocycles. The lowest BCUT2D eigenvalue weighted by atomic mass is 10.1. The van der Waals surface area contributed by atoms with Gasteiger partial charge in [-0.15, -0.1) is 0 Å². The lowest BCUT2D eigenvalue weighted by Crippen LogP contribution is -2.27. The minimum atomic E-state index is 0.282. The van der Waals surface area contributed by atoms with Crippen molar-refractivity contribution in [2.24, 2.45) is 0 Å². The van der Waals surface area contributed by atoms with Crippen LogP contribution in [0.3, 0.4) is 0 Å². The van der Waals surface area contributed by atoms with Gasteiger partial charge in [-0.3, -0.25) is 0 Å². The fourth-order valence-corrected chi connectivity index (χ4v) is 1.83. The summed E-state index contributed by atoms with van der Waals surface area (Å²) in [6.45, 7) is 5.33. The lowest BCUT2D eigenvalue weighted by Gasteiger charge is -2.19. The molecule has 1 aliphatic rings. The van der Waals surface area contributed by atoms with E-state index in [9.17, 15) is 0 Å². The van der Waals surface area contributed by atoms with Gasteiger partial charge in [0.05, 0.1) is 6.04 Å². The molecule has 2 heterocycles. The molecule has 1 aliphatic heterocycles. The van der Waals surface area contributed by atoms with Crippen LogP contribution in [0.5, 0.6) is 0 Å². The van der Waals surface area contributed by atoms with Crippen molar-refractivity contribution in [3.63, 3.8) is 0 Å². The largest absolute Gasteiger partial charge is 0.338 e. The molecule has 2 atom stereocenters. The summed E-state index contributed by atoms with van der Waals surface area (Å²) in [5.41, 5.74) is 0. The molecule has 1 aromatic heterocycles. The van der Waals surface area contributed by atoms with Gasteiger partial charge < -0.3 is 9.84 Å². The van der Waals surface area contributed by atoms with Gasteiger partial charge in [0.25, 0.3) is 0 Å². The standard InChI is InChI=1S/C11H19N3O/c1-3-8(2)10-13-11(15-14-10)9-6-4-5-7-12-9/h8-9,12H,3-7H2,1-2H3/t8-,9+/m0/s1. The van der Waals surface area contributed by atoms with E-state index in [0.717, 1.165) is 31.1 Å². The molecule has 84 valence electrons. The van der Waals surface area contributed by atoms with Gasteiger partial charge >= 0.3 is 0 Å². The van der Waals surface area contributed by atoms with Crippen molar-refractivity contribution >= 4 is 0 Å². The van der Waals surface area contributed by atoms with Gasteiger partial charge in [-0.05, 0) is 25.8 Å². The van der Waals surface area contributed by atoms with Crippen LogP contribution in [-0.4, -0.2) is 16.7 Å². The normalized spacial score (nSPS) is 24.0. The number of aromatic nitrogens is 2. The van der Waals surface area contributed by atoms with E-state index in [4.69, 9.17) is 4.52 Å². The Morgan fingerprint density at radius 3 is 3.07 bits per heavy atom. The van der Waals surface area contributed by atoms with Crippen LogP contribution in [0, 0.1) is 0 Å². The SMILES string of the molecule is CC[C@H](C)c1noc([C@H]2CCCCN2)n1. The van der Waals surface area contributed by atoms with Crippen molar-refractivity contribution in [3.05, 3.63) is 11.7 Å². The molecule has 0 radical (unpaired) electrons. The number of hydrogen-bond donors (Lipinski definition) is 1. The second-order valence-electron chi connectivity index (χ2n) is 4.30. The van der Waals surface area contributed by atoms with Crippen molar-refractivity contribution in [1.82, 2.24) is 15.5 Å².